The van der Waals surface area contributed by atoms with Crippen LogP contribution in [0, 0.1) is 12.7 Å². The summed E-state index contributed by atoms with van der Waals surface area (Å²) < 4.78 is 13.3. The summed E-state index contributed by atoms with van der Waals surface area (Å²) in [4.78, 5) is 2.42. The van der Waals surface area contributed by atoms with Gasteiger partial charge in [0.25, 0.3) is 0 Å². The molecule has 0 aromatic heterocycles. The summed E-state index contributed by atoms with van der Waals surface area (Å²) in [7, 11) is 1.96. The highest BCUT2D eigenvalue weighted by Crippen LogP contribution is 2.19. The third-order valence-corrected chi connectivity index (χ3v) is 3.53. The second kappa shape index (κ2) is 6.01. The van der Waals surface area contributed by atoms with Gasteiger partial charge in [0, 0.05) is 24.8 Å². The summed E-state index contributed by atoms with van der Waals surface area (Å²) in [5.74, 6) is -0.212. The van der Waals surface area contributed by atoms with Gasteiger partial charge in [0.15, 0.2) is 0 Å². The first-order valence-corrected chi connectivity index (χ1v) is 6.74. The monoisotopic (exact) mass is 288 g/mol. The van der Waals surface area contributed by atoms with Crippen molar-refractivity contribution in [3.05, 3.63) is 65.0 Å². The van der Waals surface area contributed by atoms with Crippen molar-refractivity contribution in [1.29, 1.82) is 0 Å². The van der Waals surface area contributed by atoms with Crippen molar-refractivity contribution in [2.24, 2.45) is 5.73 Å². The quantitative estimate of drug-likeness (QED) is 0.874. The lowest BCUT2D eigenvalue weighted by atomic mass is 10.1. The maximum absolute atomic E-state index is 13.3. The van der Waals surface area contributed by atoms with Gasteiger partial charge in [0.05, 0.1) is 0 Å². The Morgan fingerprint density at radius 2 is 2.00 bits per heavy atom. The van der Waals surface area contributed by atoms with Crippen molar-refractivity contribution in [2.45, 2.75) is 13.5 Å². The van der Waals surface area contributed by atoms with E-state index in [4.69, 9.17) is 18.0 Å². The Morgan fingerprint density at radius 3 is 2.70 bits per heavy atom. The lowest BCUT2D eigenvalue weighted by Gasteiger charge is -2.21. The first-order chi connectivity index (χ1) is 9.47. The Morgan fingerprint density at radius 1 is 1.25 bits per heavy atom. The molecule has 0 saturated carbocycles. The maximum atomic E-state index is 13.3. The summed E-state index contributed by atoms with van der Waals surface area (Å²) in [5.41, 5.74) is 9.51. The van der Waals surface area contributed by atoms with Crippen LogP contribution in [-0.2, 0) is 6.54 Å². The predicted molar refractivity (Wildman–Crippen MR) is 85.6 cm³/mol. The lowest BCUT2D eigenvalue weighted by Crippen LogP contribution is -2.18. The molecular formula is C16H17FN2S. The fraction of sp³-hybridized carbons (Fsp3) is 0.188. The van der Waals surface area contributed by atoms with E-state index in [-0.39, 0.29) is 5.82 Å². The van der Waals surface area contributed by atoms with E-state index in [1.165, 1.54) is 6.07 Å². The Hall–Kier alpha value is -1.94. The van der Waals surface area contributed by atoms with E-state index in [0.29, 0.717) is 11.5 Å². The largest absolute Gasteiger partial charge is 0.389 e. The number of nitrogens with zero attached hydrogens (tertiary/aromatic N) is 1. The zero-order valence-corrected chi connectivity index (χ0v) is 12.4. The van der Waals surface area contributed by atoms with Crippen molar-refractivity contribution >= 4 is 22.9 Å². The van der Waals surface area contributed by atoms with Gasteiger partial charge in [-0.15, -0.1) is 0 Å². The zero-order chi connectivity index (χ0) is 14.7. The molecule has 0 unspecified atom stereocenters. The van der Waals surface area contributed by atoms with E-state index in [1.807, 2.05) is 43.1 Å². The van der Waals surface area contributed by atoms with E-state index < -0.39 is 0 Å². The highest BCUT2D eigenvalue weighted by molar-refractivity contribution is 7.80. The summed E-state index contributed by atoms with van der Waals surface area (Å²) in [6.07, 6.45) is 0. The van der Waals surface area contributed by atoms with Gasteiger partial charge in [0.2, 0.25) is 0 Å². The Balaban J connectivity index is 2.23. The molecule has 0 aliphatic carbocycles. The molecule has 104 valence electrons. The van der Waals surface area contributed by atoms with Crippen molar-refractivity contribution in [3.63, 3.8) is 0 Å². The second-order valence-electron chi connectivity index (χ2n) is 4.84. The summed E-state index contributed by atoms with van der Waals surface area (Å²) >= 11 is 4.99. The molecule has 0 spiro atoms. The van der Waals surface area contributed by atoms with Crippen LogP contribution in [0.5, 0.6) is 0 Å². The average molecular weight is 288 g/mol. The number of rotatable bonds is 4. The van der Waals surface area contributed by atoms with Crippen molar-refractivity contribution < 1.29 is 4.39 Å². The van der Waals surface area contributed by atoms with Crippen LogP contribution < -0.4 is 10.6 Å². The van der Waals surface area contributed by atoms with Crippen LogP contribution in [0.3, 0.4) is 0 Å². The molecule has 0 aliphatic rings. The zero-order valence-electron chi connectivity index (χ0n) is 11.6. The molecule has 2 nitrogen and oxygen atoms in total. The van der Waals surface area contributed by atoms with Gasteiger partial charge in [-0.2, -0.15) is 0 Å². The second-order valence-corrected chi connectivity index (χ2v) is 5.28. The number of thiocarbonyl (C=S) groups is 1. The first-order valence-electron chi connectivity index (χ1n) is 6.33. The minimum atomic E-state index is -0.212. The van der Waals surface area contributed by atoms with Crippen LogP contribution >= 0.6 is 12.2 Å². The third kappa shape index (κ3) is 3.33. The van der Waals surface area contributed by atoms with Gasteiger partial charge in [-0.3, -0.25) is 0 Å². The Bertz CT molecular complexity index is 640. The molecule has 2 aromatic rings. The van der Waals surface area contributed by atoms with Gasteiger partial charge >= 0.3 is 0 Å². The molecule has 4 heteroatoms. The summed E-state index contributed by atoms with van der Waals surface area (Å²) in [5, 5.41) is 0. The number of benzene rings is 2. The normalized spacial score (nSPS) is 10.3. The lowest BCUT2D eigenvalue weighted by molar-refractivity contribution is 0.624. The van der Waals surface area contributed by atoms with Gasteiger partial charge < -0.3 is 10.6 Å². The van der Waals surface area contributed by atoms with Gasteiger partial charge in [-0.25, -0.2) is 4.39 Å². The van der Waals surface area contributed by atoms with Crippen LogP contribution in [0.25, 0.3) is 0 Å². The number of hydrogen-bond acceptors (Lipinski definition) is 2. The Kier molecular flexibility index (Phi) is 4.35. The van der Waals surface area contributed by atoms with Gasteiger partial charge in [-0.05, 0) is 42.3 Å². The average Bonchev–Trinajstić information content (AvgIpc) is 2.43. The minimum Gasteiger partial charge on any atom is -0.389 e. The van der Waals surface area contributed by atoms with Crippen LogP contribution in [0.2, 0.25) is 0 Å². The minimum absolute atomic E-state index is 0.212. The van der Waals surface area contributed by atoms with Crippen LogP contribution in [0.4, 0.5) is 10.1 Å². The van der Waals surface area contributed by atoms with E-state index >= 15 is 0 Å². The molecule has 0 atom stereocenters. The van der Waals surface area contributed by atoms with E-state index in [0.717, 1.165) is 22.4 Å². The smallest absolute Gasteiger partial charge is 0.123 e. The molecule has 0 heterocycles. The topological polar surface area (TPSA) is 29.3 Å². The van der Waals surface area contributed by atoms with Crippen LogP contribution in [-0.4, -0.2) is 12.0 Å². The number of aryl methyl sites for hydroxylation is 1. The molecule has 20 heavy (non-hydrogen) atoms. The molecule has 0 amide bonds. The van der Waals surface area contributed by atoms with E-state index in [2.05, 4.69) is 0 Å². The molecular weight excluding hydrogens is 271 g/mol. The third-order valence-electron chi connectivity index (χ3n) is 3.29. The van der Waals surface area contributed by atoms with Gasteiger partial charge in [0.1, 0.15) is 10.8 Å². The van der Waals surface area contributed by atoms with Crippen molar-refractivity contribution in [1.82, 2.24) is 0 Å². The predicted octanol–water partition coefficient (Wildman–Crippen LogP) is 3.40. The molecule has 2 aromatic carbocycles. The number of hydrogen-bond donors (Lipinski definition) is 1. The van der Waals surface area contributed by atoms with E-state index in [1.54, 1.807) is 12.1 Å². The molecule has 2 rings (SSSR count). The van der Waals surface area contributed by atoms with Crippen LogP contribution in [0.15, 0.2) is 42.5 Å². The molecule has 0 radical (unpaired) electrons. The fourth-order valence-electron chi connectivity index (χ4n) is 2.05. The molecule has 2 N–H and O–H groups in total. The standard InChI is InChI=1S/C16H17FN2S/c1-11-6-7-14(17)8-13(11)10-19(2)15-5-3-4-12(9-15)16(18)20/h3-9H,10H2,1-2H3,(H2,18,20). The summed E-state index contributed by atoms with van der Waals surface area (Å²) in [6, 6.07) is 12.6. The number of anilines is 1. The highest BCUT2D eigenvalue weighted by Gasteiger charge is 2.07. The van der Waals surface area contributed by atoms with Gasteiger partial charge in [-0.1, -0.05) is 30.4 Å². The van der Waals surface area contributed by atoms with E-state index in [9.17, 15) is 4.39 Å². The van der Waals surface area contributed by atoms with Crippen molar-refractivity contribution in [2.75, 3.05) is 11.9 Å². The molecule has 0 saturated heterocycles. The molecule has 0 aliphatic heterocycles. The Labute approximate surface area is 124 Å². The molecule has 0 fully saturated rings. The fourth-order valence-corrected chi connectivity index (χ4v) is 2.18. The SMILES string of the molecule is Cc1ccc(F)cc1CN(C)c1cccc(C(N)=S)c1. The van der Waals surface area contributed by atoms with Crippen molar-refractivity contribution in [3.8, 4) is 0 Å². The number of halogens is 1. The van der Waals surface area contributed by atoms with Crippen LogP contribution in [0.1, 0.15) is 16.7 Å². The highest BCUT2D eigenvalue weighted by atomic mass is 32.1. The first kappa shape index (κ1) is 14.5. The summed E-state index contributed by atoms with van der Waals surface area (Å²) in [6.45, 7) is 2.61. The number of nitrogens with two attached hydrogens (primary N) is 1. The maximum Gasteiger partial charge on any atom is 0.123 e. The molecule has 0 bridgehead atoms.